The Morgan fingerprint density at radius 1 is 1.67 bits per heavy atom. The van der Waals surface area contributed by atoms with Crippen molar-refractivity contribution in [3.8, 4) is 0 Å². The van der Waals surface area contributed by atoms with E-state index in [1.165, 1.54) is 6.20 Å². The van der Waals surface area contributed by atoms with Gasteiger partial charge < -0.3 is 15.5 Å². The minimum Gasteiger partial charge on any atom is -0.373 e. The number of rotatable bonds is 4. The summed E-state index contributed by atoms with van der Waals surface area (Å²) in [6.07, 6.45) is 5.06. The topological polar surface area (TPSA) is 89.3 Å². The zero-order valence-electron chi connectivity index (χ0n) is 10.4. The van der Waals surface area contributed by atoms with Gasteiger partial charge in [-0.1, -0.05) is 0 Å². The molecule has 0 radical (unpaired) electrons. The van der Waals surface area contributed by atoms with E-state index in [4.69, 9.17) is 10.6 Å². The number of hydrogen-bond donors (Lipinski definition) is 3. The SMILES string of the molecule is CC1(CNC(=O)c2cnccc2NN)CCCO1. The molecule has 6 heteroatoms. The van der Waals surface area contributed by atoms with Gasteiger partial charge in [-0.3, -0.25) is 15.6 Å². The van der Waals surface area contributed by atoms with E-state index in [1.807, 2.05) is 6.92 Å². The summed E-state index contributed by atoms with van der Waals surface area (Å²) in [4.78, 5) is 15.9. The first-order valence-electron chi connectivity index (χ1n) is 5.97. The van der Waals surface area contributed by atoms with Crippen molar-refractivity contribution < 1.29 is 9.53 Å². The molecule has 1 aromatic heterocycles. The zero-order valence-corrected chi connectivity index (χ0v) is 10.4. The fourth-order valence-corrected chi connectivity index (χ4v) is 2.04. The van der Waals surface area contributed by atoms with E-state index in [9.17, 15) is 4.79 Å². The third-order valence-electron chi connectivity index (χ3n) is 3.14. The standard InChI is InChI=1S/C12H18N4O2/c1-12(4-2-6-18-12)8-15-11(17)9-7-14-5-3-10(9)16-13/h3,5,7H,2,4,6,8,13H2,1H3,(H,14,16)(H,15,17). The fraction of sp³-hybridized carbons (Fsp3) is 0.500. The van der Waals surface area contributed by atoms with Gasteiger partial charge in [0, 0.05) is 25.5 Å². The molecule has 0 aliphatic carbocycles. The number of nitrogen functional groups attached to an aromatic ring is 1. The number of nitrogens with two attached hydrogens (primary N) is 1. The van der Waals surface area contributed by atoms with Crippen LogP contribution in [0.4, 0.5) is 5.69 Å². The Balaban J connectivity index is 1.99. The molecule has 1 saturated heterocycles. The molecule has 0 saturated carbocycles. The number of pyridine rings is 1. The Morgan fingerprint density at radius 2 is 2.50 bits per heavy atom. The molecule has 6 nitrogen and oxygen atoms in total. The predicted octanol–water partition coefficient (Wildman–Crippen LogP) is 0.666. The summed E-state index contributed by atoms with van der Waals surface area (Å²) in [6, 6.07) is 1.66. The third kappa shape index (κ3) is 2.77. The molecular weight excluding hydrogens is 232 g/mol. The molecule has 1 aliphatic heterocycles. The Morgan fingerprint density at radius 3 is 3.17 bits per heavy atom. The van der Waals surface area contributed by atoms with Crippen LogP contribution in [-0.4, -0.2) is 29.6 Å². The summed E-state index contributed by atoms with van der Waals surface area (Å²) in [5.74, 6) is 5.15. The lowest BCUT2D eigenvalue weighted by Gasteiger charge is -2.23. The largest absolute Gasteiger partial charge is 0.373 e. The lowest BCUT2D eigenvalue weighted by Crippen LogP contribution is -2.40. The number of amides is 1. The van der Waals surface area contributed by atoms with Gasteiger partial charge in [-0.15, -0.1) is 0 Å². The summed E-state index contributed by atoms with van der Waals surface area (Å²) >= 11 is 0. The molecule has 4 N–H and O–H groups in total. The number of ether oxygens (including phenoxy) is 1. The van der Waals surface area contributed by atoms with E-state index in [0.29, 0.717) is 17.8 Å². The van der Waals surface area contributed by atoms with E-state index in [2.05, 4.69) is 15.7 Å². The van der Waals surface area contributed by atoms with Crippen molar-refractivity contribution in [2.75, 3.05) is 18.6 Å². The van der Waals surface area contributed by atoms with Gasteiger partial charge in [0.1, 0.15) is 0 Å². The van der Waals surface area contributed by atoms with Crippen molar-refractivity contribution in [2.45, 2.75) is 25.4 Å². The normalized spacial score (nSPS) is 22.8. The minimum atomic E-state index is -0.256. The molecule has 1 aromatic rings. The van der Waals surface area contributed by atoms with Crippen LogP contribution in [0, 0.1) is 0 Å². The molecule has 0 spiro atoms. The van der Waals surface area contributed by atoms with Crippen molar-refractivity contribution in [3.63, 3.8) is 0 Å². The second-order valence-electron chi connectivity index (χ2n) is 4.65. The van der Waals surface area contributed by atoms with Crippen LogP contribution in [0.5, 0.6) is 0 Å². The first-order chi connectivity index (χ1) is 8.64. The molecule has 1 aliphatic rings. The van der Waals surface area contributed by atoms with Crippen molar-refractivity contribution >= 4 is 11.6 Å². The van der Waals surface area contributed by atoms with Crippen LogP contribution in [0.25, 0.3) is 0 Å². The predicted molar refractivity (Wildman–Crippen MR) is 68.0 cm³/mol. The van der Waals surface area contributed by atoms with Crippen LogP contribution < -0.4 is 16.6 Å². The average molecular weight is 250 g/mol. The van der Waals surface area contributed by atoms with Crippen LogP contribution in [0.15, 0.2) is 18.5 Å². The van der Waals surface area contributed by atoms with Crippen LogP contribution in [0.3, 0.4) is 0 Å². The van der Waals surface area contributed by atoms with E-state index in [1.54, 1.807) is 12.3 Å². The van der Waals surface area contributed by atoms with Gasteiger partial charge in [-0.05, 0) is 25.8 Å². The van der Waals surface area contributed by atoms with Crippen LogP contribution in [0.1, 0.15) is 30.1 Å². The lowest BCUT2D eigenvalue weighted by atomic mass is 10.0. The monoisotopic (exact) mass is 250 g/mol. The number of anilines is 1. The Kier molecular flexibility index (Phi) is 3.78. The van der Waals surface area contributed by atoms with Crippen molar-refractivity contribution in [2.24, 2.45) is 5.84 Å². The van der Waals surface area contributed by atoms with Gasteiger partial charge in [0.05, 0.1) is 16.9 Å². The maximum atomic E-state index is 12.0. The van der Waals surface area contributed by atoms with E-state index in [0.717, 1.165) is 19.4 Å². The summed E-state index contributed by atoms with van der Waals surface area (Å²) in [7, 11) is 0. The third-order valence-corrected chi connectivity index (χ3v) is 3.14. The molecule has 2 heterocycles. The van der Waals surface area contributed by atoms with E-state index < -0.39 is 0 Å². The Labute approximate surface area is 106 Å². The second-order valence-corrected chi connectivity index (χ2v) is 4.65. The number of hydrogen-bond acceptors (Lipinski definition) is 5. The first-order valence-corrected chi connectivity index (χ1v) is 5.97. The lowest BCUT2D eigenvalue weighted by molar-refractivity contribution is 0.0206. The van der Waals surface area contributed by atoms with Crippen LogP contribution >= 0.6 is 0 Å². The minimum absolute atomic E-state index is 0.201. The van der Waals surface area contributed by atoms with Gasteiger partial charge in [0.15, 0.2) is 0 Å². The number of hydrazine groups is 1. The molecule has 1 atom stereocenters. The quantitative estimate of drug-likeness (QED) is 0.540. The van der Waals surface area contributed by atoms with E-state index in [-0.39, 0.29) is 11.5 Å². The molecule has 98 valence electrons. The molecule has 0 aromatic carbocycles. The highest BCUT2D eigenvalue weighted by Crippen LogP contribution is 2.24. The zero-order chi connectivity index (χ0) is 13.0. The van der Waals surface area contributed by atoms with Crippen molar-refractivity contribution in [1.29, 1.82) is 0 Å². The first kappa shape index (κ1) is 12.8. The molecule has 1 unspecified atom stereocenters. The van der Waals surface area contributed by atoms with Crippen LogP contribution in [0.2, 0.25) is 0 Å². The summed E-state index contributed by atoms with van der Waals surface area (Å²) < 4.78 is 5.61. The highest BCUT2D eigenvalue weighted by molar-refractivity contribution is 5.99. The number of carbonyl (C=O) groups is 1. The maximum Gasteiger partial charge on any atom is 0.255 e. The highest BCUT2D eigenvalue weighted by Gasteiger charge is 2.30. The van der Waals surface area contributed by atoms with Gasteiger partial charge >= 0.3 is 0 Å². The van der Waals surface area contributed by atoms with E-state index >= 15 is 0 Å². The molecule has 0 bridgehead atoms. The van der Waals surface area contributed by atoms with Gasteiger partial charge in [-0.25, -0.2) is 0 Å². The highest BCUT2D eigenvalue weighted by atomic mass is 16.5. The van der Waals surface area contributed by atoms with Crippen LogP contribution in [-0.2, 0) is 4.74 Å². The van der Waals surface area contributed by atoms with Gasteiger partial charge in [0.2, 0.25) is 0 Å². The molecule has 2 rings (SSSR count). The number of nitrogens with zero attached hydrogens (tertiary/aromatic N) is 1. The molecule has 1 amide bonds. The number of nitrogens with one attached hydrogen (secondary N) is 2. The maximum absolute atomic E-state index is 12.0. The molecule has 1 fully saturated rings. The molecule has 18 heavy (non-hydrogen) atoms. The van der Waals surface area contributed by atoms with Gasteiger partial charge in [-0.2, -0.15) is 0 Å². The second kappa shape index (κ2) is 5.32. The van der Waals surface area contributed by atoms with Crippen molar-refractivity contribution in [1.82, 2.24) is 10.3 Å². The average Bonchev–Trinajstić information content (AvgIpc) is 2.83. The Bertz CT molecular complexity index is 430. The summed E-state index contributed by atoms with van der Waals surface area (Å²) in [6.45, 7) is 3.26. The fourth-order valence-electron chi connectivity index (χ4n) is 2.04. The summed E-state index contributed by atoms with van der Waals surface area (Å²) in [5, 5.41) is 2.86. The van der Waals surface area contributed by atoms with Gasteiger partial charge in [0.25, 0.3) is 5.91 Å². The van der Waals surface area contributed by atoms with Crippen molar-refractivity contribution in [3.05, 3.63) is 24.0 Å². The smallest absolute Gasteiger partial charge is 0.255 e. The number of carbonyl (C=O) groups excluding carboxylic acids is 1. The Hall–Kier alpha value is -1.66. The number of aromatic nitrogens is 1. The molecular formula is C12H18N4O2. The summed E-state index contributed by atoms with van der Waals surface area (Å²) in [5.41, 5.74) is 3.21.